The Bertz CT molecular complexity index is 461. The third-order valence-electron chi connectivity index (χ3n) is 3.71. The molecule has 104 valence electrons. The number of halogens is 2. The zero-order valence-corrected chi connectivity index (χ0v) is 14.3. The van der Waals surface area contributed by atoms with Crippen LogP contribution >= 0.6 is 31.9 Å². The van der Waals surface area contributed by atoms with Crippen molar-refractivity contribution in [3.63, 3.8) is 0 Å². The van der Waals surface area contributed by atoms with Crippen LogP contribution in [0.3, 0.4) is 0 Å². The summed E-state index contributed by atoms with van der Waals surface area (Å²) in [6.07, 6.45) is 4.99. The van der Waals surface area contributed by atoms with Gasteiger partial charge in [0.05, 0.1) is 5.56 Å². The van der Waals surface area contributed by atoms with Gasteiger partial charge < -0.3 is 5.32 Å². The van der Waals surface area contributed by atoms with E-state index < -0.39 is 0 Å². The second-order valence-electron chi connectivity index (χ2n) is 5.25. The number of carbonyl (C=O) groups is 1. The van der Waals surface area contributed by atoms with Gasteiger partial charge in [0.15, 0.2) is 0 Å². The van der Waals surface area contributed by atoms with Crippen LogP contribution in [0.5, 0.6) is 0 Å². The lowest BCUT2D eigenvalue weighted by Crippen LogP contribution is -2.34. The Kier molecular flexibility index (Phi) is 5.46. The molecule has 1 N–H and O–H groups in total. The van der Waals surface area contributed by atoms with Crippen molar-refractivity contribution in [1.29, 1.82) is 0 Å². The van der Waals surface area contributed by atoms with Crippen LogP contribution in [-0.4, -0.2) is 17.3 Å². The number of hydrogen-bond acceptors (Lipinski definition) is 1. The summed E-state index contributed by atoms with van der Waals surface area (Å²) in [4.78, 5) is 12.7. The fraction of sp³-hybridized carbons (Fsp3) is 0.533. The number of hydrogen-bond donors (Lipinski definition) is 1. The lowest BCUT2D eigenvalue weighted by molar-refractivity contribution is 0.0943. The molecule has 0 saturated heterocycles. The van der Waals surface area contributed by atoms with Crippen LogP contribution < -0.4 is 5.32 Å². The molecule has 0 aliphatic heterocycles. The van der Waals surface area contributed by atoms with Crippen LogP contribution in [0.15, 0.2) is 22.7 Å². The number of benzene rings is 1. The average Bonchev–Trinajstić information content (AvgIpc) is 2.37. The summed E-state index contributed by atoms with van der Waals surface area (Å²) in [6, 6.07) is 5.82. The minimum atomic E-state index is 0.0112. The van der Waals surface area contributed by atoms with Crippen molar-refractivity contribution in [2.45, 2.75) is 37.4 Å². The van der Waals surface area contributed by atoms with E-state index in [0.29, 0.717) is 16.3 Å². The second-order valence-corrected chi connectivity index (χ2v) is 7.28. The molecule has 1 aromatic rings. The maximum Gasteiger partial charge on any atom is 0.252 e. The SMILES string of the molecule is Cc1ccc(C(=O)NCC2CCCCC2Br)c(Br)c1. The van der Waals surface area contributed by atoms with Gasteiger partial charge in [0, 0.05) is 15.8 Å². The predicted octanol–water partition coefficient (Wildman–Crippen LogP) is 4.44. The molecule has 2 nitrogen and oxygen atoms in total. The number of nitrogens with one attached hydrogen (secondary N) is 1. The smallest absolute Gasteiger partial charge is 0.252 e. The van der Waals surface area contributed by atoms with Crippen LogP contribution in [0.2, 0.25) is 0 Å². The Morgan fingerprint density at radius 3 is 2.79 bits per heavy atom. The maximum atomic E-state index is 12.2. The number of alkyl halides is 1. The summed E-state index contributed by atoms with van der Waals surface area (Å²) < 4.78 is 0.865. The lowest BCUT2D eigenvalue weighted by atomic mass is 9.89. The third kappa shape index (κ3) is 4.06. The number of aryl methyl sites for hydroxylation is 1. The van der Waals surface area contributed by atoms with E-state index in [1.54, 1.807) is 0 Å². The first-order valence-corrected chi connectivity index (χ1v) is 8.47. The van der Waals surface area contributed by atoms with Crippen molar-refractivity contribution in [3.8, 4) is 0 Å². The summed E-state index contributed by atoms with van der Waals surface area (Å²) >= 11 is 7.18. The van der Waals surface area contributed by atoms with E-state index in [2.05, 4.69) is 37.2 Å². The highest BCUT2D eigenvalue weighted by Crippen LogP contribution is 2.29. The van der Waals surface area contributed by atoms with Crippen LogP contribution in [0.4, 0.5) is 0 Å². The van der Waals surface area contributed by atoms with Gasteiger partial charge in [-0.15, -0.1) is 0 Å². The maximum absolute atomic E-state index is 12.2. The number of amides is 1. The Morgan fingerprint density at radius 2 is 2.11 bits per heavy atom. The van der Waals surface area contributed by atoms with Crippen LogP contribution in [-0.2, 0) is 0 Å². The summed E-state index contributed by atoms with van der Waals surface area (Å²) in [6.45, 7) is 2.78. The molecule has 4 heteroatoms. The number of rotatable bonds is 3. The molecule has 0 bridgehead atoms. The van der Waals surface area contributed by atoms with Gasteiger partial charge in [0.25, 0.3) is 5.91 Å². The van der Waals surface area contributed by atoms with Gasteiger partial charge in [0.2, 0.25) is 0 Å². The molecule has 19 heavy (non-hydrogen) atoms. The molecular weight excluding hydrogens is 370 g/mol. The van der Waals surface area contributed by atoms with Crippen LogP contribution in [0.25, 0.3) is 0 Å². The summed E-state index contributed by atoms with van der Waals surface area (Å²) in [5, 5.41) is 3.06. The molecule has 2 unspecified atom stereocenters. The van der Waals surface area contributed by atoms with Crippen LogP contribution in [0, 0.1) is 12.8 Å². The van der Waals surface area contributed by atoms with Gasteiger partial charge in [-0.25, -0.2) is 0 Å². The van der Waals surface area contributed by atoms with Gasteiger partial charge in [0.1, 0.15) is 0 Å². The first-order chi connectivity index (χ1) is 9.08. The zero-order chi connectivity index (χ0) is 13.8. The van der Waals surface area contributed by atoms with E-state index in [9.17, 15) is 4.79 Å². The van der Waals surface area contributed by atoms with E-state index in [1.807, 2.05) is 25.1 Å². The van der Waals surface area contributed by atoms with E-state index in [-0.39, 0.29) is 5.91 Å². The third-order valence-corrected chi connectivity index (χ3v) is 5.57. The highest BCUT2D eigenvalue weighted by molar-refractivity contribution is 9.10. The van der Waals surface area contributed by atoms with Crippen molar-refractivity contribution < 1.29 is 4.79 Å². The molecule has 2 rings (SSSR count). The highest BCUT2D eigenvalue weighted by atomic mass is 79.9. The topological polar surface area (TPSA) is 29.1 Å². The molecule has 1 amide bonds. The summed E-state index contributed by atoms with van der Waals surface area (Å²) in [7, 11) is 0. The van der Waals surface area contributed by atoms with Gasteiger partial charge in [-0.1, -0.05) is 34.8 Å². The first-order valence-electron chi connectivity index (χ1n) is 6.76. The van der Waals surface area contributed by atoms with Crippen molar-refractivity contribution in [3.05, 3.63) is 33.8 Å². The quantitative estimate of drug-likeness (QED) is 0.762. The van der Waals surface area contributed by atoms with E-state index >= 15 is 0 Å². The van der Waals surface area contributed by atoms with Crippen LogP contribution in [0.1, 0.15) is 41.6 Å². The van der Waals surface area contributed by atoms with Crippen molar-refractivity contribution in [1.82, 2.24) is 5.32 Å². The Balaban J connectivity index is 1.93. The van der Waals surface area contributed by atoms with Crippen molar-refractivity contribution in [2.75, 3.05) is 6.54 Å². The first kappa shape index (κ1) is 15.0. The van der Waals surface area contributed by atoms with E-state index in [1.165, 1.54) is 25.7 Å². The fourth-order valence-corrected chi connectivity index (χ4v) is 3.96. The molecule has 1 aliphatic rings. The predicted molar refractivity (Wildman–Crippen MR) is 85.9 cm³/mol. The largest absolute Gasteiger partial charge is 0.352 e. The number of carbonyl (C=O) groups excluding carboxylic acids is 1. The van der Waals surface area contributed by atoms with Gasteiger partial charge in [-0.2, -0.15) is 0 Å². The average molecular weight is 389 g/mol. The monoisotopic (exact) mass is 387 g/mol. The van der Waals surface area contributed by atoms with Crippen molar-refractivity contribution >= 4 is 37.8 Å². The second kappa shape index (κ2) is 6.89. The normalized spacial score (nSPS) is 23.1. The molecule has 0 radical (unpaired) electrons. The molecule has 0 aromatic heterocycles. The molecular formula is C15H19Br2NO. The molecule has 1 saturated carbocycles. The summed E-state index contributed by atoms with van der Waals surface area (Å²) in [5.74, 6) is 0.569. The van der Waals surface area contributed by atoms with Crippen molar-refractivity contribution in [2.24, 2.45) is 5.92 Å². The van der Waals surface area contributed by atoms with E-state index in [0.717, 1.165) is 16.6 Å². The zero-order valence-electron chi connectivity index (χ0n) is 11.1. The Hall–Kier alpha value is -0.350. The van der Waals surface area contributed by atoms with Gasteiger partial charge in [-0.05, 0) is 59.3 Å². The summed E-state index contributed by atoms with van der Waals surface area (Å²) in [5.41, 5.74) is 1.86. The highest BCUT2D eigenvalue weighted by Gasteiger charge is 2.23. The lowest BCUT2D eigenvalue weighted by Gasteiger charge is -2.27. The minimum Gasteiger partial charge on any atom is -0.352 e. The van der Waals surface area contributed by atoms with Gasteiger partial charge >= 0.3 is 0 Å². The molecule has 2 atom stereocenters. The fourth-order valence-electron chi connectivity index (χ4n) is 2.52. The molecule has 1 aromatic carbocycles. The molecule has 1 aliphatic carbocycles. The molecule has 1 fully saturated rings. The standard InChI is InChI=1S/C15H19Br2NO/c1-10-6-7-12(14(17)8-10)15(19)18-9-11-4-2-3-5-13(11)16/h6-8,11,13H,2-5,9H2,1H3,(H,18,19). The molecule has 0 heterocycles. The van der Waals surface area contributed by atoms with Gasteiger partial charge in [-0.3, -0.25) is 4.79 Å². The Labute approximate surface area is 131 Å². The Morgan fingerprint density at radius 1 is 1.37 bits per heavy atom. The molecule has 0 spiro atoms. The minimum absolute atomic E-state index is 0.0112. The van der Waals surface area contributed by atoms with E-state index in [4.69, 9.17) is 0 Å².